The first kappa shape index (κ1) is 27.7. The maximum Gasteiger partial charge on any atom is 0.303 e. The number of nitrogens with one attached hydrogen (secondary N) is 2. The normalized spacial score (nSPS) is 16.8. The zero-order valence-electron chi connectivity index (χ0n) is 22.3. The first-order valence-electron chi connectivity index (χ1n) is 12.9. The van der Waals surface area contributed by atoms with Gasteiger partial charge in [0, 0.05) is 26.1 Å². The molecule has 2 aromatic heterocycles. The number of aromatic nitrogens is 5. The zero-order chi connectivity index (χ0) is 27.8. The maximum atomic E-state index is 12.8. The van der Waals surface area contributed by atoms with Crippen molar-refractivity contribution in [3.63, 3.8) is 0 Å². The van der Waals surface area contributed by atoms with Crippen LogP contribution in [0.4, 0.5) is 0 Å². The average Bonchev–Trinajstić information content (AvgIpc) is 3.40. The number of benzene rings is 1. The zero-order valence-corrected chi connectivity index (χ0v) is 22.3. The summed E-state index contributed by atoms with van der Waals surface area (Å²) in [4.78, 5) is 48.7. The molecule has 1 aliphatic carbocycles. The highest BCUT2D eigenvalue weighted by atomic mass is 16.5. The molecule has 2 amide bonds. The van der Waals surface area contributed by atoms with Gasteiger partial charge in [-0.25, -0.2) is 15.0 Å². The van der Waals surface area contributed by atoms with Crippen molar-refractivity contribution in [1.29, 1.82) is 0 Å². The van der Waals surface area contributed by atoms with Crippen LogP contribution in [-0.2, 0) is 27.4 Å². The number of nitrogens with zero attached hydrogens (tertiary/aromatic N) is 5. The number of rotatable bonds is 10. The van der Waals surface area contributed by atoms with Crippen molar-refractivity contribution in [2.45, 2.75) is 58.7 Å². The van der Waals surface area contributed by atoms with Gasteiger partial charge in [0.15, 0.2) is 12.4 Å². The van der Waals surface area contributed by atoms with E-state index in [2.05, 4.69) is 30.7 Å². The molecule has 2 N–H and O–H groups in total. The topological polar surface area (TPSA) is 150 Å². The highest BCUT2D eigenvalue weighted by Crippen LogP contribution is 2.26. The molecule has 39 heavy (non-hydrogen) atoms. The van der Waals surface area contributed by atoms with Crippen molar-refractivity contribution in [2.75, 3.05) is 13.7 Å². The Hall–Kier alpha value is -4.35. The highest BCUT2D eigenvalue weighted by molar-refractivity contribution is 5.93. The van der Waals surface area contributed by atoms with Gasteiger partial charge in [-0.3, -0.25) is 19.1 Å². The third-order valence-corrected chi connectivity index (χ3v) is 6.49. The van der Waals surface area contributed by atoms with Crippen LogP contribution in [0.2, 0.25) is 0 Å². The molecule has 3 aromatic rings. The Morgan fingerprint density at radius 1 is 1.10 bits per heavy atom. The summed E-state index contributed by atoms with van der Waals surface area (Å²) in [5.74, 6) is 0.926. The second-order valence-corrected chi connectivity index (χ2v) is 9.58. The van der Waals surface area contributed by atoms with E-state index in [0.29, 0.717) is 36.4 Å². The van der Waals surface area contributed by atoms with Crippen LogP contribution in [0.5, 0.6) is 5.75 Å². The van der Waals surface area contributed by atoms with Gasteiger partial charge in [0.25, 0.3) is 11.8 Å². The fraction of sp³-hybridized carbons (Fsp3) is 0.444. The van der Waals surface area contributed by atoms with Gasteiger partial charge in [-0.15, -0.1) is 5.10 Å². The summed E-state index contributed by atoms with van der Waals surface area (Å²) in [6.45, 7) is 3.78. The lowest BCUT2D eigenvalue weighted by atomic mass is 9.86. The second kappa shape index (κ2) is 12.9. The van der Waals surface area contributed by atoms with E-state index in [1.54, 1.807) is 31.1 Å². The monoisotopic (exact) mass is 535 g/mol. The molecule has 1 aromatic carbocycles. The van der Waals surface area contributed by atoms with Gasteiger partial charge in [0.2, 0.25) is 0 Å². The first-order chi connectivity index (χ1) is 18.8. The molecule has 0 bridgehead atoms. The van der Waals surface area contributed by atoms with Gasteiger partial charge in [0.1, 0.15) is 29.3 Å². The summed E-state index contributed by atoms with van der Waals surface area (Å²) < 4.78 is 11.8. The second-order valence-electron chi connectivity index (χ2n) is 9.58. The van der Waals surface area contributed by atoms with Crippen LogP contribution in [0.3, 0.4) is 0 Å². The third-order valence-electron chi connectivity index (χ3n) is 6.49. The molecule has 0 atom stereocenters. The number of hydrogen-bond donors (Lipinski definition) is 2. The van der Waals surface area contributed by atoms with Crippen LogP contribution in [0.25, 0.3) is 11.5 Å². The predicted molar refractivity (Wildman–Crippen MR) is 140 cm³/mol. The summed E-state index contributed by atoms with van der Waals surface area (Å²) >= 11 is 0. The van der Waals surface area contributed by atoms with Crippen molar-refractivity contribution in [1.82, 2.24) is 35.4 Å². The van der Waals surface area contributed by atoms with Crippen LogP contribution >= 0.6 is 0 Å². The van der Waals surface area contributed by atoms with Crippen LogP contribution < -0.4 is 15.4 Å². The van der Waals surface area contributed by atoms with Crippen molar-refractivity contribution in [3.8, 4) is 17.3 Å². The molecule has 2 heterocycles. The summed E-state index contributed by atoms with van der Waals surface area (Å²) in [5.41, 5.74) is 1.63. The van der Waals surface area contributed by atoms with E-state index >= 15 is 0 Å². The number of carbonyl (C=O) groups is 3. The molecular formula is C27H33N7O5. The molecule has 0 spiro atoms. The molecule has 0 aliphatic heterocycles. The number of ether oxygens (including phenoxy) is 2. The lowest BCUT2D eigenvalue weighted by molar-refractivity contribution is -0.146. The number of aryl methyl sites for hydroxylation is 1. The molecular weight excluding hydrogens is 502 g/mol. The SMILES string of the molecule is COc1cccc(CNC(=O)c2cc(-c3ncn(C[C@H]4CC[C@H](NC(=O)COC(C)=O)CC4)n3)nc(C)n2)c1. The molecule has 12 heteroatoms. The number of hydrogen-bond acceptors (Lipinski definition) is 9. The summed E-state index contributed by atoms with van der Waals surface area (Å²) in [6.07, 6.45) is 5.22. The van der Waals surface area contributed by atoms with Crippen molar-refractivity contribution < 1.29 is 23.9 Å². The lowest BCUT2D eigenvalue weighted by Gasteiger charge is -2.28. The van der Waals surface area contributed by atoms with Crippen molar-refractivity contribution >= 4 is 17.8 Å². The third kappa shape index (κ3) is 8.06. The Bertz CT molecular complexity index is 1320. The Kier molecular flexibility index (Phi) is 9.18. The van der Waals surface area contributed by atoms with E-state index in [1.807, 2.05) is 24.3 Å². The Morgan fingerprint density at radius 2 is 1.90 bits per heavy atom. The van der Waals surface area contributed by atoms with Gasteiger partial charge in [-0.05, 0) is 62.3 Å². The van der Waals surface area contributed by atoms with Gasteiger partial charge in [0.05, 0.1) is 7.11 Å². The summed E-state index contributed by atoms with van der Waals surface area (Å²) in [6, 6.07) is 9.15. The Labute approximate surface area is 226 Å². The van der Waals surface area contributed by atoms with E-state index in [4.69, 9.17) is 9.47 Å². The number of amides is 2. The molecule has 1 fully saturated rings. The van der Waals surface area contributed by atoms with E-state index in [9.17, 15) is 14.4 Å². The first-order valence-corrected chi connectivity index (χ1v) is 12.9. The molecule has 0 radical (unpaired) electrons. The van der Waals surface area contributed by atoms with Gasteiger partial charge < -0.3 is 20.1 Å². The van der Waals surface area contributed by atoms with E-state index in [-0.39, 0.29) is 30.2 Å². The molecule has 206 valence electrons. The fourth-order valence-corrected chi connectivity index (χ4v) is 4.54. The van der Waals surface area contributed by atoms with Crippen molar-refractivity contribution in [3.05, 3.63) is 53.7 Å². The maximum absolute atomic E-state index is 12.8. The largest absolute Gasteiger partial charge is 0.497 e. The molecule has 12 nitrogen and oxygen atoms in total. The smallest absolute Gasteiger partial charge is 0.303 e. The van der Waals surface area contributed by atoms with Gasteiger partial charge in [-0.1, -0.05) is 12.1 Å². The number of esters is 1. The van der Waals surface area contributed by atoms with Crippen LogP contribution in [0.15, 0.2) is 36.7 Å². The summed E-state index contributed by atoms with van der Waals surface area (Å²) in [7, 11) is 1.60. The van der Waals surface area contributed by atoms with Crippen LogP contribution in [-0.4, -0.2) is 62.3 Å². The standard InChI is InChI=1S/C27H33N7O5/c1-17-30-23(12-24(31-17)27(37)28-13-20-5-4-6-22(11-20)38-3)26-29-16-34(33-26)14-19-7-9-21(10-8-19)32-25(36)15-39-18(2)35/h4-6,11-12,16,19,21H,7-10,13-15H2,1-3H3,(H,28,37)(H,32,36)/t19-,21-. The molecule has 0 unspecified atom stereocenters. The molecule has 1 aliphatic rings. The molecule has 4 rings (SSSR count). The minimum absolute atomic E-state index is 0.0769. The Morgan fingerprint density at radius 3 is 2.64 bits per heavy atom. The van der Waals surface area contributed by atoms with Crippen LogP contribution in [0, 0.1) is 12.8 Å². The van der Waals surface area contributed by atoms with E-state index in [1.165, 1.54) is 6.92 Å². The fourth-order valence-electron chi connectivity index (χ4n) is 4.54. The van der Waals surface area contributed by atoms with Gasteiger partial charge >= 0.3 is 5.97 Å². The minimum Gasteiger partial charge on any atom is -0.497 e. The Balaban J connectivity index is 1.31. The van der Waals surface area contributed by atoms with Crippen LogP contribution in [0.1, 0.15) is 54.5 Å². The van der Waals surface area contributed by atoms with Gasteiger partial charge in [-0.2, -0.15) is 0 Å². The minimum atomic E-state index is -0.470. The lowest BCUT2D eigenvalue weighted by Crippen LogP contribution is -2.40. The summed E-state index contributed by atoms with van der Waals surface area (Å²) in [5, 5.41) is 10.4. The van der Waals surface area contributed by atoms with E-state index < -0.39 is 5.97 Å². The van der Waals surface area contributed by atoms with Crippen molar-refractivity contribution in [2.24, 2.45) is 5.92 Å². The highest BCUT2D eigenvalue weighted by Gasteiger charge is 2.23. The molecule has 1 saturated carbocycles. The van der Waals surface area contributed by atoms with E-state index in [0.717, 1.165) is 37.0 Å². The average molecular weight is 536 g/mol. The molecule has 0 saturated heterocycles. The number of methoxy groups -OCH3 is 1. The quantitative estimate of drug-likeness (QED) is 0.373. The predicted octanol–water partition coefficient (Wildman–Crippen LogP) is 2.22. The number of carbonyl (C=O) groups excluding carboxylic acids is 3.